The van der Waals surface area contributed by atoms with Gasteiger partial charge in [-0.1, -0.05) is 0 Å². The molecule has 142 valence electrons. The number of nitrogen functional groups attached to an aromatic ring is 1. The summed E-state index contributed by atoms with van der Waals surface area (Å²) < 4.78 is 66.2. The van der Waals surface area contributed by atoms with Gasteiger partial charge in [0, 0.05) is 0 Å². The van der Waals surface area contributed by atoms with Gasteiger partial charge in [-0.15, -0.1) is 0 Å². The Balaban J connectivity index is 1.76. The van der Waals surface area contributed by atoms with Crippen LogP contribution in [0.15, 0.2) is 6.33 Å². The highest BCUT2D eigenvalue weighted by Crippen LogP contribution is 2.52. The molecule has 0 aliphatic carbocycles. The van der Waals surface area contributed by atoms with E-state index in [1.165, 1.54) is 0 Å². The molecule has 0 aromatic carbocycles. The minimum Gasteiger partial charge on any atom is -0.386 e. The Morgan fingerprint density at radius 1 is 1.38 bits per heavy atom. The Kier molecular flexibility index (Phi) is 3.77. The number of rotatable bonds is 1. The molecule has 2 fully saturated rings. The molecule has 0 spiro atoms. The number of nitrogens with two attached hydrogens (primary N) is 1. The molecule has 5 atom stereocenters. The lowest BCUT2D eigenvalue weighted by Crippen LogP contribution is -2.39. The summed E-state index contributed by atoms with van der Waals surface area (Å²) in [6.07, 6.45) is -8.69. The molecule has 1 unspecified atom stereocenters. The number of phosphoric acid groups is 1. The molecular formula is C11H11F3N5O6P. The van der Waals surface area contributed by atoms with Gasteiger partial charge in [0.15, 0.2) is 17.7 Å². The predicted molar refractivity (Wildman–Crippen MR) is 75.3 cm³/mol. The third-order valence-electron chi connectivity index (χ3n) is 3.94. The van der Waals surface area contributed by atoms with Crippen LogP contribution in [0.3, 0.4) is 0 Å². The van der Waals surface area contributed by atoms with Crippen molar-refractivity contribution >= 4 is 24.8 Å². The highest BCUT2D eigenvalue weighted by Gasteiger charge is 2.52. The van der Waals surface area contributed by atoms with Gasteiger partial charge in [0.25, 0.3) is 0 Å². The molecule has 2 aromatic heterocycles. The van der Waals surface area contributed by atoms with E-state index in [-0.39, 0.29) is 17.8 Å². The summed E-state index contributed by atoms with van der Waals surface area (Å²) in [7, 11) is -4.34. The van der Waals surface area contributed by atoms with Crippen LogP contribution in [0.2, 0.25) is 0 Å². The Hall–Kier alpha value is -1.83. The second-order valence-corrected chi connectivity index (χ2v) is 7.05. The molecular weight excluding hydrogens is 386 g/mol. The minimum absolute atomic E-state index is 0.117. The average Bonchev–Trinajstić information content (AvgIpc) is 3.08. The topological polar surface area (TPSA) is 155 Å². The normalized spacial score (nSPS) is 35.0. The van der Waals surface area contributed by atoms with Crippen molar-refractivity contribution in [3.8, 4) is 0 Å². The maximum absolute atomic E-state index is 12.9. The number of nitrogens with zero attached hydrogens (tertiary/aromatic N) is 4. The second-order valence-electron chi connectivity index (χ2n) is 5.64. The van der Waals surface area contributed by atoms with Crippen molar-refractivity contribution in [3.05, 3.63) is 12.2 Å². The first-order chi connectivity index (χ1) is 12.1. The largest absolute Gasteiger partial charge is 0.472 e. The number of aliphatic hydroxyl groups is 1. The van der Waals surface area contributed by atoms with Crippen LogP contribution >= 0.6 is 7.82 Å². The van der Waals surface area contributed by atoms with Crippen LogP contribution in [0.25, 0.3) is 11.2 Å². The lowest BCUT2D eigenvalue weighted by molar-refractivity contribution is -0.144. The Morgan fingerprint density at radius 3 is 2.81 bits per heavy atom. The highest BCUT2D eigenvalue weighted by atomic mass is 31.2. The Bertz CT molecular complexity index is 922. The highest BCUT2D eigenvalue weighted by molar-refractivity contribution is 7.47. The summed E-state index contributed by atoms with van der Waals surface area (Å²) in [6.45, 7) is -0.344. The molecule has 4 N–H and O–H groups in total. The molecule has 4 heterocycles. The maximum Gasteiger partial charge on any atom is 0.472 e. The summed E-state index contributed by atoms with van der Waals surface area (Å²) in [5.41, 5.74) is 5.07. The molecule has 2 saturated heterocycles. The second kappa shape index (κ2) is 5.58. The molecule has 11 nitrogen and oxygen atoms in total. The molecule has 26 heavy (non-hydrogen) atoms. The number of anilines is 1. The van der Waals surface area contributed by atoms with Gasteiger partial charge >= 0.3 is 14.0 Å². The molecule has 4 rings (SSSR count). The van der Waals surface area contributed by atoms with E-state index >= 15 is 0 Å². The first-order valence-corrected chi connectivity index (χ1v) is 8.63. The molecule has 2 aliphatic rings. The fourth-order valence-electron chi connectivity index (χ4n) is 2.82. The van der Waals surface area contributed by atoms with Crippen LogP contribution in [0.1, 0.15) is 12.1 Å². The molecule has 15 heteroatoms. The zero-order valence-corrected chi connectivity index (χ0v) is 13.5. The predicted octanol–water partition coefficient (Wildman–Crippen LogP) is 0.201. The standard InChI is InChI=1S/C11H11F3N5O6P/c12-11(13,14)10-17-7(15)4-8(18-10)19(2-16-4)9-5(20)6-3(24-9)1-23-26(21,22)25-6/h2-3,5-6,9,20H,1H2,(H,21,22)(H2,15,17,18)/t3-,5-,6-,9-/m1/s1. The number of aromatic nitrogens is 4. The van der Waals surface area contributed by atoms with Crippen molar-refractivity contribution in [1.29, 1.82) is 0 Å². The zero-order chi connectivity index (χ0) is 18.9. The van der Waals surface area contributed by atoms with Crippen LogP contribution in [-0.2, 0) is 24.5 Å². The van der Waals surface area contributed by atoms with Gasteiger partial charge < -0.3 is 20.5 Å². The number of phosphoric ester groups is 1. The van der Waals surface area contributed by atoms with Gasteiger partial charge in [-0.3, -0.25) is 13.6 Å². The fourth-order valence-corrected chi connectivity index (χ4v) is 3.78. The fraction of sp³-hybridized carbons (Fsp3) is 0.545. The molecule has 0 bridgehead atoms. The van der Waals surface area contributed by atoms with Crippen LogP contribution in [0, 0.1) is 0 Å². The first kappa shape index (κ1) is 17.6. The molecule has 2 aromatic rings. The van der Waals surface area contributed by atoms with Crippen molar-refractivity contribution in [3.63, 3.8) is 0 Å². The van der Waals surface area contributed by atoms with E-state index in [9.17, 15) is 27.7 Å². The van der Waals surface area contributed by atoms with Crippen molar-refractivity contribution in [2.75, 3.05) is 12.3 Å². The van der Waals surface area contributed by atoms with E-state index in [4.69, 9.17) is 15.0 Å². The number of imidazole rings is 1. The summed E-state index contributed by atoms with van der Waals surface area (Å²) in [4.78, 5) is 19.8. The average molecular weight is 397 g/mol. The minimum atomic E-state index is -4.85. The SMILES string of the molecule is Nc1nc(C(F)(F)F)nc2c1ncn2[C@@H]1O[C@@H]2COP(=O)(O)O[C@H]2[C@H]1O. The van der Waals surface area contributed by atoms with Crippen LogP contribution in [-0.4, -0.2) is 54.4 Å². The van der Waals surface area contributed by atoms with Gasteiger partial charge in [0.2, 0.25) is 5.82 Å². The number of ether oxygens (including phenoxy) is 1. The lowest BCUT2D eigenvalue weighted by atomic mass is 10.1. The summed E-state index contributed by atoms with van der Waals surface area (Å²) in [5.74, 6) is -1.97. The molecule has 0 radical (unpaired) electrons. The smallest absolute Gasteiger partial charge is 0.386 e. The number of halogens is 3. The molecule has 0 saturated carbocycles. The van der Waals surface area contributed by atoms with Crippen molar-refractivity contribution in [2.45, 2.75) is 30.7 Å². The van der Waals surface area contributed by atoms with Gasteiger partial charge in [0.05, 0.1) is 12.9 Å². The number of fused-ring (bicyclic) bond motifs is 2. The quantitative estimate of drug-likeness (QED) is 0.568. The van der Waals surface area contributed by atoms with Gasteiger partial charge in [0.1, 0.15) is 23.8 Å². The zero-order valence-electron chi connectivity index (χ0n) is 12.6. The van der Waals surface area contributed by atoms with Crippen LogP contribution in [0.4, 0.5) is 19.0 Å². The first-order valence-electron chi connectivity index (χ1n) is 7.13. The van der Waals surface area contributed by atoms with Crippen molar-refractivity contribution in [2.24, 2.45) is 0 Å². The van der Waals surface area contributed by atoms with E-state index in [1.54, 1.807) is 0 Å². The monoisotopic (exact) mass is 397 g/mol. The van der Waals surface area contributed by atoms with E-state index in [2.05, 4.69) is 19.5 Å². The lowest BCUT2D eigenvalue weighted by Gasteiger charge is -2.27. The van der Waals surface area contributed by atoms with E-state index in [1.807, 2.05) is 0 Å². The molecule has 2 aliphatic heterocycles. The third-order valence-corrected chi connectivity index (χ3v) is 4.93. The van der Waals surface area contributed by atoms with Crippen LogP contribution < -0.4 is 5.73 Å². The van der Waals surface area contributed by atoms with Crippen LogP contribution in [0.5, 0.6) is 0 Å². The Labute approximate surface area is 142 Å². The number of hydrogen-bond donors (Lipinski definition) is 3. The third kappa shape index (κ3) is 2.74. The number of hydrogen-bond acceptors (Lipinski definition) is 9. The van der Waals surface area contributed by atoms with Gasteiger partial charge in [-0.25, -0.2) is 19.5 Å². The van der Waals surface area contributed by atoms with Crippen molar-refractivity contribution < 1.29 is 41.5 Å². The van der Waals surface area contributed by atoms with Gasteiger partial charge in [-0.2, -0.15) is 13.2 Å². The maximum atomic E-state index is 12.9. The number of alkyl halides is 3. The van der Waals surface area contributed by atoms with Crippen molar-refractivity contribution in [1.82, 2.24) is 19.5 Å². The summed E-state index contributed by atoms with van der Waals surface area (Å²) in [6, 6.07) is 0. The molecule has 0 amide bonds. The van der Waals surface area contributed by atoms with Gasteiger partial charge in [-0.05, 0) is 0 Å². The Morgan fingerprint density at radius 2 is 2.12 bits per heavy atom. The summed E-state index contributed by atoms with van der Waals surface area (Å²) >= 11 is 0. The number of aliphatic hydroxyl groups excluding tert-OH is 1. The van der Waals surface area contributed by atoms with E-state index in [0.717, 1.165) is 10.9 Å². The van der Waals surface area contributed by atoms with E-state index in [0.29, 0.717) is 0 Å². The van der Waals surface area contributed by atoms with E-state index < -0.39 is 50.2 Å². The summed E-state index contributed by atoms with van der Waals surface area (Å²) in [5, 5.41) is 10.4.